The van der Waals surface area contributed by atoms with E-state index in [9.17, 15) is 9.59 Å². The van der Waals surface area contributed by atoms with Crippen LogP contribution in [0.5, 0.6) is 0 Å². The molecule has 8 unspecified atom stereocenters. The van der Waals surface area contributed by atoms with Gasteiger partial charge in [0.1, 0.15) is 12.2 Å². The maximum atomic E-state index is 12.7. The molecule has 0 aliphatic carbocycles. The SMILES string of the molecule is CCC1(C)CC(OC(=O)/C=C/C(=O)OC2CC(C)(CC)NC(C)(CC)C2C)C(C)C(C)(CC)N1. The van der Waals surface area contributed by atoms with Crippen molar-refractivity contribution in [1.82, 2.24) is 10.6 Å². The highest BCUT2D eigenvalue weighted by molar-refractivity contribution is 5.91. The normalized spacial score (nSPS) is 43.0. The van der Waals surface area contributed by atoms with E-state index in [4.69, 9.17) is 9.47 Å². The van der Waals surface area contributed by atoms with Crippen molar-refractivity contribution in [3.05, 3.63) is 12.2 Å². The van der Waals surface area contributed by atoms with Crippen LogP contribution >= 0.6 is 0 Å². The summed E-state index contributed by atoms with van der Waals surface area (Å²) < 4.78 is 11.8. The molecule has 2 saturated heterocycles. The number of ether oxygens (including phenoxy) is 2. The molecule has 6 nitrogen and oxygen atoms in total. The molecule has 2 N–H and O–H groups in total. The van der Waals surface area contributed by atoms with Crippen molar-refractivity contribution in [3.63, 3.8) is 0 Å². The van der Waals surface area contributed by atoms with Crippen LogP contribution in [0.3, 0.4) is 0 Å². The molecule has 8 atom stereocenters. The van der Waals surface area contributed by atoms with E-state index >= 15 is 0 Å². The minimum atomic E-state index is -0.484. The number of carbonyl (C=O) groups is 2. The molecule has 0 spiro atoms. The minimum absolute atomic E-state index is 0.0894. The number of rotatable bonds is 8. The van der Waals surface area contributed by atoms with Crippen LogP contribution in [0, 0.1) is 11.8 Å². The van der Waals surface area contributed by atoms with Crippen LogP contribution in [0.2, 0.25) is 0 Å². The number of nitrogens with one attached hydrogen (secondary N) is 2. The quantitative estimate of drug-likeness (QED) is 0.364. The lowest BCUT2D eigenvalue weighted by molar-refractivity contribution is -0.155. The number of hydrogen-bond acceptors (Lipinski definition) is 6. The van der Waals surface area contributed by atoms with Gasteiger partial charge in [0.25, 0.3) is 0 Å². The average Bonchev–Trinajstić information content (AvgIpc) is 2.79. The first-order chi connectivity index (χ1) is 15.7. The molecule has 2 fully saturated rings. The molecule has 0 aromatic carbocycles. The zero-order valence-electron chi connectivity index (χ0n) is 23.3. The molecule has 6 heteroatoms. The van der Waals surface area contributed by atoms with Crippen LogP contribution < -0.4 is 10.6 Å². The number of esters is 2. The van der Waals surface area contributed by atoms with Gasteiger partial charge < -0.3 is 20.1 Å². The third kappa shape index (κ3) is 6.23. The zero-order chi connectivity index (χ0) is 25.9. The second-order valence-corrected chi connectivity index (χ2v) is 11.9. The topological polar surface area (TPSA) is 76.7 Å². The minimum Gasteiger partial charge on any atom is -0.459 e. The second kappa shape index (κ2) is 10.7. The Bertz CT molecular complexity index is 708. The summed E-state index contributed by atoms with van der Waals surface area (Å²) in [7, 11) is 0. The molecule has 0 bridgehead atoms. The third-order valence-electron chi connectivity index (χ3n) is 9.52. The molecule has 34 heavy (non-hydrogen) atoms. The van der Waals surface area contributed by atoms with Gasteiger partial charge in [0.2, 0.25) is 0 Å². The van der Waals surface area contributed by atoms with Gasteiger partial charge in [0.05, 0.1) is 0 Å². The highest BCUT2D eigenvalue weighted by Crippen LogP contribution is 2.40. The van der Waals surface area contributed by atoms with Crippen molar-refractivity contribution in [2.24, 2.45) is 11.8 Å². The maximum Gasteiger partial charge on any atom is 0.331 e. The van der Waals surface area contributed by atoms with Crippen LogP contribution in [0.4, 0.5) is 0 Å². The Hall–Kier alpha value is -1.40. The summed E-state index contributed by atoms with van der Waals surface area (Å²) in [6.45, 7) is 21.7. The standard InChI is InChI=1S/C28H50N2O4/c1-11-25(7)17-21(19(5)27(9,13-3)29-25)33-23(31)15-16-24(32)34-22-18-26(8,12-2)30-28(10,14-4)20(22)6/h15-16,19-22,29-30H,11-14,17-18H2,1-10H3/b16-15+. The lowest BCUT2D eigenvalue weighted by atomic mass is 9.70. The van der Waals surface area contributed by atoms with Gasteiger partial charge in [0, 0.05) is 59.0 Å². The van der Waals surface area contributed by atoms with E-state index in [0.29, 0.717) is 0 Å². The molecule has 2 heterocycles. The van der Waals surface area contributed by atoms with Crippen molar-refractivity contribution < 1.29 is 19.1 Å². The Morgan fingerprint density at radius 2 is 1.03 bits per heavy atom. The molecular formula is C28H50N2O4. The van der Waals surface area contributed by atoms with Crippen LogP contribution in [-0.4, -0.2) is 46.3 Å². The molecule has 0 saturated carbocycles. The van der Waals surface area contributed by atoms with E-state index in [1.54, 1.807) is 0 Å². The van der Waals surface area contributed by atoms with Gasteiger partial charge in [-0.3, -0.25) is 0 Å². The Kier molecular flexibility index (Phi) is 9.07. The first kappa shape index (κ1) is 28.8. The van der Waals surface area contributed by atoms with Gasteiger partial charge in [-0.15, -0.1) is 0 Å². The molecule has 2 aliphatic heterocycles. The van der Waals surface area contributed by atoms with Crippen LogP contribution in [0.1, 0.15) is 108 Å². The van der Waals surface area contributed by atoms with E-state index in [0.717, 1.165) is 38.5 Å². The van der Waals surface area contributed by atoms with Crippen molar-refractivity contribution in [1.29, 1.82) is 0 Å². The van der Waals surface area contributed by atoms with Crippen LogP contribution in [0.25, 0.3) is 0 Å². The van der Waals surface area contributed by atoms with Crippen molar-refractivity contribution >= 4 is 11.9 Å². The summed E-state index contributed by atoms with van der Waals surface area (Å²) in [5.74, 6) is -0.642. The van der Waals surface area contributed by atoms with Crippen LogP contribution in [-0.2, 0) is 19.1 Å². The molecule has 2 aliphatic rings. The van der Waals surface area contributed by atoms with E-state index in [2.05, 4.69) is 79.9 Å². The lowest BCUT2D eigenvalue weighted by Crippen LogP contribution is -2.66. The van der Waals surface area contributed by atoms with Crippen LogP contribution in [0.15, 0.2) is 12.2 Å². The summed E-state index contributed by atoms with van der Waals surface area (Å²) in [5.41, 5.74) is -0.402. The molecule has 2 rings (SSSR count). The first-order valence-corrected chi connectivity index (χ1v) is 13.4. The molecule has 0 aromatic rings. The van der Waals surface area contributed by atoms with Crippen molar-refractivity contribution in [2.45, 2.75) is 142 Å². The predicted octanol–water partition coefficient (Wildman–Crippen LogP) is 5.30. The highest BCUT2D eigenvalue weighted by Gasteiger charge is 2.49. The molecule has 0 radical (unpaired) electrons. The Labute approximate surface area is 208 Å². The summed E-state index contributed by atoms with van der Waals surface area (Å²) in [6, 6.07) is 0. The fourth-order valence-corrected chi connectivity index (χ4v) is 5.86. The van der Waals surface area contributed by atoms with Crippen molar-refractivity contribution in [3.8, 4) is 0 Å². The largest absolute Gasteiger partial charge is 0.459 e. The van der Waals surface area contributed by atoms with Gasteiger partial charge >= 0.3 is 11.9 Å². The third-order valence-corrected chi connectivity index (χ3v) is 9.52. The van der Waals surface area contributed by atoms with Gasteiger partial charge in [-0.05, 0) is 53.4 Å². The first-order valence-electron chi connectivity index (χ1n) is 13.4. The molecule has 196 valence electrons. The summed E-state index contributed by atoms with van der Waals surface area (Å²) >= 11 is 0. The van der Waals surface area contributed by atoms with E-state index in [1.165, 1.54) is 12.2 Å². The van der Waals surface area contributed by atoms with Gasteiger partial charge in [0.15, 0.2) is 0 Å². The number of carbonyl (C=O) groups excluding carboxylic acids is 2. The van der Waals surface area contributed by atoms with Gasteiger partial charge in [-0.1, -0.05) is 41.5 Å². The predicted molar refractivity (Wildman–Crippen MR) is 138 cm³/mol. The van der Waals surface area contributed by atoms with Gasteiger partial charge in [-0.25, -0.2) is 9.59 Å². The summed E-state index contributed by atoms with van der Waals surface area (Å²) in [5, 5.41) is 7.59. The Morgan fingerprint density at radius 3 is 1.29 bits per heavy atom. The van der Waals surface area contributed by atoms with E-state index < -0.39 is 11.9 Å². The van der Waals surface area contributed by atoms with Crippen molar-refractivity contribution in [2.75, 3.05) is 0 Å². The lowest BCUT2D eigenvalue weighted by Gasteiger charge is -2.52. The average molecular weight is 479 g/mol. The highest BCUT2D eigenvalue weighted by atomic mass is 16.5. The fourth-order valence-electron chi connectivity index (χ4n) is 5.86. The number of hydrogen-bond donors (Lipinski definition) is 2. The molecule has 0 aromatic heterocycles. The van der Waals surface area contributed by atoms with E-state index in [1.807, 2.05) is 0 Å². The monoisotopic (exact) mass is 478 g/mol. The fraction of sp³-hybridized carbons (Fsp3) is 0.857. The van der Waals surface area contributed by atoms with E-state index in [-0.39, 0.29) is 46.2 Å². The Balaban J connectivity index is 2.05. The number of piperidine rings is 2. The van der Waals surface area contributed by atoms with Gasteiger partial charge in [-0.2, -0.15) is 0 Å². The smallest absolute Gasteiger partial charge is 0.331 e. The maximum absolute atomic E-state index is 12.7. The summed E-state index contributed by atoms with van der Waals surface area (Å²) in [4.78, 5) is 25.3. The summed E-state index contributed by atoms with van der Waals surface area (Å²) in [6.07, 6.45) is 7.35. The Morgan fingerprint density at radius 1 is 0.706 bits per heavy atom. The zero-order valence-corrected chi connectivity index (χ0v) is 23.3. The second-order valence-electron chi connectivity index (χ2n) is 11.9. The molecule has 0 amide bonds. The molecular weight excluding hydrogens is 428 g/mol.